The summed E-state index contributed by atoms with van der Waals surface area (Å²) in [6.07, 6.45) is -0.134. The fraction of sp³-hybridized carbons (Fsp3) is 0.338. The van der Waals surface area contributed by atoms with Crippen molar-refractivity contribution in [2.24, 2.45) is 11.8 Å². The van der Waals surface area contributed by atoms with Gasteiger partial charge in [0.15, 0.2) is 5.78 Å². The first kappa shape index (κ1) is 67.5. The van der Waals surface area contributed by atoms with Crippen molar-refractivity contribution in [3.63, 3.8) is 0 Å². The molecule has 5 amide bonds. The number of aromatic carboxylic acids is 1. The minimum atomic E-state index is -1.11. The topological polar surface area (TPSA) is 337 Å². The van der Waals surface area contributed by atoms with Crippen molar-refractivity contribution in [2.45, 2.75) is 109 Å². The molecule has 6 N–H and O–H groups in total. The summed E-state index contributed by atoms with van der Waals surface area (Å²) in [7, 11) is 2.98. The number of amides is 5. The molecule has 10 bridgehead atoms. The van der Waals surface area contributed by atoms with Gasteiger partial charge in [-0.2, -0.15) is 0 Å². The van der Waals surface area contributed by atoms with Crippen LogP contribution in [0.25, 0.3) is 43.4 Å². The predicted octanol–water partition coefficient (Wildman–Crippen LogP) is 11.8. The van der Waals surface area contributed by atoms with Crippen LogP contribution in [0, 0.1) is 18.8 Å². The van der Waals surface area contributed by atoms with Crippen LogP contribution >= 0.6 is 68.0 Å². The Morgan fingerprint density at radius 3 is 2.11 bits per heavy atom. The van der Waals surface area contributed by atoms with Crippen molar-refractivity contribution in [3.05, 3.63) is 147 Å². The Balaban J connectivity index is 0.980. The van der Waals surface area contributed by atoms with E-state index in [1.54, 1.807) is 41.9 Å². The quantitative estimate of drug-likeness (QED) is 0.0589. The van der Waals surface area contributed by atoms with Crippen molar-refractivity contribution in [1.29, 1.82) is 0 Å². The van der Waals surface area contributed by atoms with Crippen LogP contribution < -0.4 is 26.2 Å². The zero-order valence-corrected chi connectivity index (χ0v) is 57.0. The van der Waals surface area contributed by atoms with E-state index in [1.165, 1.54) is 99.2 Å². The van der Waals surface area contributed by atoms with Crippen molar-refractivity contribution in [1.82, 2.24) is 56.2 Å². The molecule has 11 rings (SSSR count). The Labute approximate surface area is 568 Å². The summed E-state index contributed by atoms with van der Waals surface area (Å²) in [5.74, 6) is -5.67. The third kappa shape index (κ3) is 15.6. The monoisotopic (exact) mass is 1400 g/mol. The Morgan fingerprint density at radius 1 is 0.695 bits per heavy atom. The number of pyridine rings is 1. The molecule has 0 spiro atoms. The first-order valence-electron chi connectivity index (χ1n) is 30.2. The second-order valence-electron chi connectivity index (χ2n) is 23.1. The highest BCUT2D eigenvalue weighted by Gasteiger charge is 2.35. The first-order chi connectivity index (χ1) is 45.7. The SMILES string of the molecule is CNC(=O)C[C@@H]1NC(=O)c2csc(n2)-c2ccc(-c3nc(N(Cc4ccc(C(=O)O)cc4)C(=O)OC4CCC(C(=O)O)CC4)cs3)nc2-c2csc(n2)-c2csc(n2)[C@H]([C@@H](C)c2ccccc2)NC(=O)CNC(=O)c2nc(sc2COC)C(C(C)C)CC(=O)c2nc1sc2C. The van der Waals surface area contributed by atoms with Gasteiger partial charge in [0.2, 0.25) is 11.8 Å². The zero-order valence-electron chi connectivity index (χ0n) is 52.1. The number of aryl methyl sites for hydroxylation is 1. The van der Waals surface area contributed by atoms with Gasteiger partial charge in [-0.05, 0) is 73.9 Å². The van der Waals surface area contributed by atoms with Gasteiger partial charge in [-0.3, -0.25) is 33.7 Å². The number of carbonyl (C=O) groups excluding carboxylic acids is 6. The molecule has 0 saturated heterocycles. The lowest BCUT2D eigenvalue weighted by atomic mass is 9.87. The van der Waals surface area contributed by atoms with Crippen LogP contribution in [0.5, 0.6) is 0 Å². The largest absolute Gasteiger partial charge is 0.481 e. The molecule has 2 aromatic carbocycles. The highest BCUT2D eigenvalue weighted by molar-refractivity contribution is 7.15. The van der Waals surface area contributed by atoms with Gasteiger partial charge in [0, 0.05) is 64.4 Å². The van der Waals surface area contributed by atoms with E-state index in [0.29, 0.717) is 99.4 Å². The molecule has 1 aliphatic carbocycles. The summed E-state index contributed by atoms with van der Waals surface area (Å²) in [5.41, 5.74) is 3.93. The molecule has 2 aliphatic rings. The number of carboxylic acids is 2. The molecule has 4 atom stereocenters. The summed E-state index contributed by atoms with van der Waals surface area (Å²) >= 11 is 7.42. The van der Waals surface area contributed by atoms with Crippen molar-refractivity contribution < 1.29 is 58.0 Å². The van der Waals surface area contributed by atoms with E-state index in [-0.39, 0.29) is 72.1 Å². The number of fused-ring (bicyclic) bond motifs is 14. The van der Waals surface area contributed by atoms with E-state index in [4.69, 9.17) is 44.4 Å². The molecule has 7 aromatic heterocycles. The predicted molar refractivity (Wildman–Crippen MR) is 361 cm³/mol. The molecule has 1 aliphatic heterocycles. The molecule has 30 heteroatoms. The molecule has 9 aromatic rings. The van der Waals surface area contributed by atoms with E-state index in [1.807, 2.05) is 61.9 Å². The highest BCUT2D eigenvalue weighted by atomic mass is 32.1. The van der Waals surface area contributed by atoms with Crippen LogP contribution in [0.1, 0.15) is 161 Å². The average Bonchev–Trinajstić information content (AvgIpc) is 1.72. The third-order valence-corrected chi connectivity index (χ3v) is 22.1. The molecule has 8 heterocycles. The zero-order chi connectivity index (χ0) is 67.2. The first-order valence-corrected chi connectivity index (χ1v) is 35.4. The number of ether oxygens (including phenoxy) is 2. The minimum Gasteiger partial charge on any atom is -0.481 e. The molecular formula is C65H64N12O12S6. The third-order valence-electron chi connectivity index (χ3n) is 16.3. The number of hydrogen-bond acceptors (Lipinski definition) is 23. The Morgan fingerprint density at radius 2 is 1.39 bits per heavy atom. The second kappa shape index (κ2) is 29.8. The Hall–Kier alpha value is -8.91. The summed E-state index contributed by atoms with van der Waals surface area (Å²) in [6.45, 7) is 7.21. The number of thiazole rings is 6. The number of ketones is 1. The van der Waals surface area contributed by atoms with E-state index < -0.39 is 78.2 Å². The van der Waals surface area contributed by atoms with Gasteiger partial charge < -0.3 is 41.0 Å². The fourth-order valence-electron chi connectivity index (χ4n) is 11.0. The highest BCUT2D eigenvalue weighted by Crippen LogP contribution is 2.42. The number of carboxylic acid groups (broad SMARTS) is 2. The van der Waals surface area contributed by atoms with Gasteiger partial charge in [-0.15, -0.1) is 68.0 Å². The number of nitrogens with one attached hydrogen (secondary N) is 4. The maximum Gasteiger partial charge on any atom is 0.416 e. The number of aliphatic carboxylic acids is 1. The molecule has 24 nitrogen and oxygen atoms in total. The summed E-state index contributed by atoms with van der Waals surface area (Å²) < 4.78 is 11.5. The van der Waals surface area contributed by atoms with Crippen LogP contribution in [0.15, 0.2) is 88.3 Å². The van der Waals surface area contributed by atoms with Gasteiger partial charge >= 0.3 is 18.0 Å². The molecule has 492 valence electrons. The normalized spacial score (nSPS) is 18.2. The number of hydrogen-bond donors (Lipinski definition) is 6. The van der Waals surface area contributed by atoms with E-state index in [9.17, 15) is 48.6 Å². The number of rotatable bonds is 14. The van der Waals surface area contributed by atoms with Gasteiger partial charge in [-0.25, -0.2) is 44.5 Å². The molecule has 1 fully saturated rings. The Kier molecular flexibility index (Phi) is 21.2. The summed E-state index contributed by atoms with van der Waals surface area (Å²) in [4.78, 5) is 145. The summed E-state index contributed by atoms with van der Waals surface area (Å²) in [5, 5.41) is 40.3. The van der Waals surface area contributed by atoms with Crippen LogP contribution in [-0.4, -0.2) is 119 Å². The number of anilines is 1. The van der Waals surface area contributed by atoms with E-state index >= 15 is 0 Å². The molecule has 0 radical (unpaired) electrons. The molecule has 1 unspecified atom stereocenters. The van der Waals surface area contributed by atoms with Crippen molar-refractivity contribution >= 4 is 121 Å². The second-order valence-corrected chi connectivity index (χ2v) is 28.9. The molecular weight excluding hydrogens is 1330 g/mol. The number of methoxy groups -OCH3 is 1. The number of nitrogens with zero attached hydrogens (tertiary/aromatic N) is 8. The lowest BCUT2D eigenvalue weighted by molar-refractivity contribution is -0.143. The van der Waals surface area contributed by atoms with Crippen LogP contribution in [0.4, 0.5) is 10.6 Å². The van der Waals surface area contributed by atoms with E-state index in [0.717, 1.165) is 5.56 Å². The smallest absolute Gasteiger partial charge is 0.416 e. The van der Waals surface area contributed by atoms with Crippen LogP contribution in [-0.2, 0) is 37.0 Å². The molecule has 95 heavy (non-hydrogen) atoms. The van der Waals surface area contributed by atoms with Gasteiger partial charge in [0.05, 0.1) is 65.3 Å². The average molecular weight is 1400 g/mol. The maximum atomic E-state index is 14.5. The van der Waals surface area contributed by atoms with Crippen LogP contribution in [0.2, 0.25) is 0 Å². The molecule has 1 saturated carbocycles. The van der Waals surface area contributed by atoms with Crippen molar-refractivity contribution in [3.8, 4) is 43.4 Å². The summed E-state index contributed by atoms with van der Waals surface area (Å²) in [6, 6.07) is 17.6. The van der Waals surface area contributed by atoms with Crippen LogP contribution in [0.3, 0.4) is 0 Å². The van der Waals surface area contributed by atoms with Crippen molar-refractivity contribution in [2.75, 3.05) is 25.6 Å². The lowest BCUT2D eigenvalue weighted by Gasteiger charge is -2.28. The van der Waals surface area contributed by atoms with E-state index in [2.05, 4.69) is 21.3 Å². The van der Waals surface area contributed by atoms with Gasteiger partial charge in [0.25, 0.3) is 11.8 Å². The lowest BCUT2D eigenvalue weighted by Crippen LogP contribution is -2.40. The standard InChI is InChI=1S/C65H64N12O12S6/c1-31(2)40-22-46(78)52-33(4)94-61(75-52)42(23-49(79)66-5)69-55(81)44-28-90-57(71-44)39-20-21-41(59-73-48(30-93-59)77(25-34-12-14-36(15-13-34)63(83)84)65(87)89-38-18-16-37(17-19-38)64(85)86)68-53(39)43-27-91-60(70-43)45-29-92-62(72-45)51(32(3)35-10-8-7-9-11-35)74-50(80)24-67-56(82)54-47(26-88-6)95-58(40)76-54/h7-15,20-21,27-32,37-38,40,42,51H,16-19,22-26H2,1-6H3,(H,66,79)(H,67,82)(H,69,81)(H,74,80)(H,83,84)(H,85,86)/t32-,37?,38?,40?,42-,51-/m0/s1. The number of benzene rings is 2. The van der Waals surface area contributed by atoms with Gasteiger partial charge in [-0.1, -0.05) is 63.2 Å². The number of Topliss-reactive ketones (excluding diaryl/α,β-unsaturated/α-hetero) is 1. The van der Waals surface area contributed by atoms with Gasteiger partial charge in [0.1, 0.15) is 71.1 Å². The Bertz CT molecular complexity index is 4340. The number of carbonyl (C=O) groups is 8. The minimum absolute atomic E-state index is 0.0176. The maximum absolute atomic E-state index is 14.5. The number of aromatic nitrogens is 7. The fourth-order valence-corrected chi connectivity index (χ4v) is 16.7.